The molecule has 2 heterocycles. The van der Waals surface area contributed by atoms with E-state index in [0.29, 0.717) is 42.3 Å². The van der Waals surface area contributed by atoms with Gasteiger partial charge in [0.15, 0.2) is 0 Å². The minimum Gasteiger partial charge on any atom is -0.497 e. The van der Waals surface area contributed by atoms with Crippen LogP contribution in [0.5, 0.6) is 5.75 Å². The maximum atomic E-state index is 13.4. The van der Waals surface area contributed by atoms with Gasteiger partial charge in [-0.1, -0.05) is 0 Å². The van der Waals surface area contributed by atoms with Crippen LogP contribution in [0, 0.1) is 4.77 Å². The van der Waals surface area contributed by atoms with Gasteiger partial charge in [-0.3, -0.25) is 4.90 Å². The fourth-order valence-corrected chi connectivity index (χ4v) is 2.75. The minimum atomic E-state index is -4.68. The lowest BCUT2D eigenvalue weighted by Gasteiger charge is -2.25. The lowest BCUT2D eigenvalue weighted by atomic mass is 10.2. The Morgan fingerprint density at radius 2 is 1.93 bits per heavy atom. The maximum absolute atomic E-state index is 13.4. The van der Waals surface area contributed by atoms with Crippen molar-refractivity contribution in [3.05, 3.63) is 40.4 Å². The Morgan fingerprint density at radius 1 is 1.26 bits per heavy atom. The predicted molar refractivity (Wildman–Crippen MR) is 94.4 cm³/mol. The van der Waals surface area contributed by atoms with E-state index < -0.39 is 12.0 Å². The second kappa shape index (κ2) is 8.19. The highest BCUT2D eigenvalue weighted by molar-refractivity contribution is 7.71. The van der Waals surface area contributed by atoms with Gasteiger partial charge in [-0.15, -0.1) is 5.10 Å². The van der Waals surface area contributed by atoms with Gasteiger partial charge >= 0.3 is 6.18 Å². The van der Waals surface area contributed by atoms with Gasteiger partial charge in [0.05, 0.1) is 33.2 Å². The molecule has 0 spiro atoms. The summed E-state index contributed by atoms with van der Waals surface area (Å²) < 4.78 is 52.1. The molecule has 7 nitrogen and oxygen atoms in total. The van der Waals surface area contributed by atoms with Crippen LogP contribution in [-0.4, -0.2) is 59.0 Å². The Labute approximate surface area is 158 Å². The molecule has 1 saturated heterocycles. The molecule has 0 unspecified atom stereocenters. The lowest BCUT2D eigenvalue weighted by molar-refractivity contribution is -0.147. The molecule has 1 aliphatic heterocycles. The van der Waals surface area contributed by atoms with Crippen LogP contribution in [0.1, 0.15) is 11.4 Å². The largest absolute Gasteiger partial charge is 0.497 e. The molecule has 1 fully saturated rings. The van der Waals surface area contributed by atoms with Gasteiger partial charge in [-0.05, 0) is 42.0 Å². The maximum Gasteiger partial charge on any atom is 0.453 e. The van der Waals surface area contributed by atoms with Crippen LogP contribution < -0.4 is 4.74 Å². The summed E-state index contributed by atoms with van der Waals surface area (Å²) in [6, 6.07) is 6.73. The van der Waals surface area contributed by atoms with E-state index in [4.69, 9.17) is 21.7 Å². The zero-order chi connectivity index (χ0) is 19.4. The van der Waals surface area contributed by atoms with Crippen molar-refractivity contribution in [1.82, 2.24) is 19.4 Å². The molecule has 0 bridgehead atoms. The zero-order valence-electron chi connectivity index (χ0n) is 14.5. The third-order valence-electron chi connectivity index (χ3n) is 3.95. The quantitative estimate of drug-likeness (QED) is 0.570. The summed E-state index contributed by atoms with van der Waals surface area (Å²) in [4.78, 5) is 1.92. The number of halogens is 3. The number of ether oxygens (including phenoxy) is 2. The fraction of sp³-hybridized carbons (Fsp3) is 0.438. The molecule has 27 heavy (non-hydrogen) atoms. The van der Waals surface area contributed by atoms with Crippen LogP contribution >= 0.6 is 12.2 Å². The summed E-state index contributed by atoms with van der Waals surface area (Å²) >= 11 is 5.18. The minimum absolute atomic E-state index is 0.126. The number of benzene rings is 1. The van der Waals surface area contributed by atoms with Crippen molar-refractivity contribution in [2.24, 2.45) is 5.10 Å². The average molecular weight is 401 g/mol. The first-order valence-electron chi connectivity index (χ1n) is 8.14. The molecular formula is C16H18F3N5O2S. The summed E-state index contributed by atoms with van der Waals surface area (Å²) in [6.07, 6.45) is -3.38. The van der Waals surface area contributed by atoms with E-state index in [1.807, 2.05) is 4.90 Å². The summed E-state index contributed by atoms with van der Waals surface area (Å²) in [6.45, 7) is 2.40. The molecule has 146 valence electrons. The number of alkyl halides is 3. The lowest BCUT2D eigenvalue weighted by Crippen LogP contribution is -2.37. The molecule has 3 rings (SSSR count). The third kappa shape index (κ3) is 4.73. The van der Waals surface area contributed by atoms with Crippen molar-refractivity contribution < 1.29 is 22.6 Å². The van der Waals surface area contributed by atoms with Gasteiger partial charge in [-0.2, -0.15) is 22.9 Å². The number of morpholine rings is 1. The van der Waals surface area contributed by atoms with E-state index in [-0.39, 0.29) is 11.4 Å². The second-order valence-corrected chi connectivity index (χ2v) is 6.17. The van der Waals surface area contributed by atoms with Crippen LogP contribution in [-0.2, 0) is 17.6 Å². The SMILES string of the molecule is COc1ccc(C=Nn2c(C(F)(F)F)nn(CN3CCOCC3)c2=S)cc1. The van der Waals surface area contributed by atoms with Gasteiger partial charge in [0.25, 0.3) is 5.82 Å². The summed E-state index contributed by atoms with van der Waals surface area (Å²) in [5.41, 5.74) is 0.603. The summed E-state index contributed by atoms with van der Waals surface area (Å²) in [5.74, 6) is -0.524. The highest BCUT2D eigenvalue weighted by Gasteiger charge is 2.38. The molecule has 0 atom stereocenters. The van der Waals surface area contributed by atoms with Crippen LogP contribution in [0.15, 0.2) is 29.4 Å². The van der Waals surface area contributed by atoms with Crippen LogP contribution in [0.3, 0.4) is 0 Å². The van der Waals surface area contributed by atoms with E-state index in [1.165, 1.54) is 13.3 Å². The third-order valence-corrected chi connectivity index (χ3v) is 4.33. The number of methoxy groups -OCH3 is 1. The first-order valence-corrected chi connectivity index (χ1v) is 8.55. The molecule has 0 amide bonds. The fourth-order valence-electron chi connectivity index (χ4n) is 2.52. The molecule has 2 aromatic rings. The van der Waals surface area contributed by atoms with E-state index in [0.717, 1.165) is 4.68 Å². The van der Waals surface area contributed by atoms with Gasteiger partial charge in [0.2, 0.25) is 4.77 Å². The van der Waals surface area contributed by atoms with Crippen molar-refractivity contribution in [1.29, 1.82) is 0 Å². The second-order valence-electron chi connectivity index (χ2n) is 5.80. The van der Waals surface area contributed by atoms with E-state index in [1.54, 1.807) is 24.3 Å². The molecule has 0 aliphatic carbocycles. The Morgan fingerprint density at radius 3 is 2.52 bits per heavy atom. The monoisotopic (exact) mass is 401 g/mol. The molecule has 1 aliphatic rings. The molecule has 1 aromatic heterocycles. The topological polar surface area (TPSA) is 56.8 Å². The van der Waals surface area contributed by atoms with Gasteiger partial charge in [-0.25, -0.2) is 4.68 Å². The Bertz CT molecular complexity index is 854. The normalized spacial score (nSPS) is 16.1. The number of nitrogens with zero attached hydrogens (tertiary/aromatic N) is 5. The molecule has 0 N–H and O–H groups in total. The number of hydrogen-bond donors (Lipinski definition) is 0. The molecule has 0 saturated carbocycles. The van der Waals surface area contributed by atoms with Crippen LogP contribution in [0.25, 0.3) is 0 Å². The Kier molecular flexibility index (Phi) is 5.92. The van der Waals surface area contributed by atoms with Crippen molar-refractivity contribution in [2.75, 3.05) is 33.4 Å². The van der Waals surface area contributed by atoms with Crippen molar-refractivity contribution in [3.8, 4) is 5.75 Å². The van der Waals surface area contributed by atoms with Crippen molar-refractivity contribution in [3.63, 3.8) is 0 Å². The number of rotatable bonds is 5. The zero-order valence-corrected chi connectivity index (χ0v) is 15.3. The number of aromatic nitrogens is 3. The molecular weight excluding hydrogens is 383 g/mol. The first-order chi connectivity index (χ1) is 12.9. The van der Waals surface area contributed by atoms with E-state index in [9.17, 15) is 13.2 Å². The smallest absolute Gasteiger partial charge is 0.453 e. The van der Waals surface area contributed by atoms with Gasteiger partial charge in [0.1, 0.15) is 5.75 Å². The standard InChI is InChI=1S/C16H18F3N5O2S/c1-25-13-4-2-12(3-5-13)10-20-24-14(16(17,18)19)21-23(15(24)27)11-22-6-8-26-9-7-22/h2-5,10H,6-9,11H2,1H3. The number of hydrogen-bond acceptors (Lipinski definition) is 6. The first kappa shape index (κ1) is 19.5. The van der Waals surface area contributed by atoms with Gasteiger partial charge in [0, 0.05) is 13.1 Å². The Balaban J connectivity index is 1.89. The van der Waals surface area contributed by atoms with E-state index >= 15 is 0 Å². The van der Waals surface area contributed by atoms with Gasteiger partial charge < -0.3 is 9.47 Å². The average Bonchev–Trinajstić information content (AvgIpc) is 2.97. The van der Waals surface area contributed by atoms with Crippen molar-refractivity contribution >= 4 is 18.4 Å². The highest BCUT2D eigenvalue weighted by Crippen LogP contribution is 2.28. The highest BCUT2D eigenvalue weighted by atomic mass is 32.1. The van der Waals surface area contributed by atoms with Crippen molar-refractivity contribution in [2.45, 2.75) is 12.8 Å². The van der Waals surface area contributed by atoms with E-state index in [2.05, 4.69) is 10.2 Å². The predicted octanol–water partition coefficient (Wildman–Crippen LogP) is 2.61. The Hall–Kier alpha value is -2.24. The molecule has 11 heteroatoms. The van der Waals surface area contributed by atoms with Crippen LogP contribution in [0.2, 0.25) is 0 Å². The summed E-state index contributed by atoms with van der Waals surface area (Å²) in [7, 11) is 1.53. The summed E-state index contributed by atoms with van der Waals surface area (Å²) in [5, 5.41) is 7.56. The molecule has 1 aromatic carbocycles. The molecule has 0 radical (unpaired) electrons. The van der Waals surface area contributed by atoms with Crippen LogP contribution in [0.4, 0.5) is 13.2 Å².